The topological polar surface area (TPSA) is 61.0 Å². The monoisotopic (exact) mass is 643 g/mol. The first-order valence-corrected chi connectivity index (χ1v) is 16.6. The summed E-state index contributed by atoms with van der Waals surface area (Å²) in [6.07, 6.45) is 0. The number of para-hydroxylation sites is 1. The normalized spacial score (nSPS) is 12.2. The van der Waals surface area contributed by atoms with Gasteiger partial charge in [-0.3, -0.25) is 9.20 Å². The highest BCUT2D eigenvalue weighted by Crippen LogP contribution is 2.37. The van der Waals surface area contributed by atoms with Gasteiger partial charge >= 0.3 is 5.69 Å². The first kappa shape index (κ1) is 27.1. The van der Waals surface area contributed by atoms with Gasteiger partial charge in [-0.15, -0.1) is 0 Å². The highest BCUT2D eigenvalue weighted by atomic mass is 16.3. The zero-order chi connectivity index (χ0) is 33.1. The Balaban J connectivity index is 1.17. The minimum Gasteiger partial charge on any atom is -0.453 e. The molecule has 11 aromatic rings. The van der Waals surface area contributed by atoms with Crippen molar-refractivity contribution in [2.75, 3.05) is 0 Å². The third-order valence-corrected chi connectivity index (χ3v) is 10.2. The summed E-state index contributed by atoms with van der Waals surface area (Å²) < 4.78 is 11.8. The van der Waals surface area contributed by atoms with Gasteiger partial charge in [0.05, 0.1) is 27.8 Å². The molecule has 0 aliphatic heterocycles. The SMILES string of the molecule is O=c1c2ccc(-c3ccccc3)cc2c2ccc3oc4cc(-n5c6ccccc6c6cc(-c7ccccc7)ccc65)ccc4n4c(=O)n1c2c34. The average Bonchev–Trinajstić information content (AvgIpc) is 3.67. The fraction of sp³-hybridized carbons (Fsp3) is 0. The number of benzene rings is 7. The van der Waals surface area contributed by atoms with Crippen LogP contribution < -0.4 is 11.2 Å². The van der Waals surface area contributed by atoms with E-state index in [2.05, 4.69) is 83.4 Å². The van der Waals surface area contributed by atoms with E-state index in [0.717, 1.165) is 55.0 Å². The molecule has 0 N–H and O–H groups in total. The molecule has 0 bridgehead atoms. The van der Waals surface area contributed by atoms with E-state index in [1.165, 1.54) is 9.96 Å². The van der Waals surface area contributed by atoms with Gasteiger partial charge in [0.1, 0.15) is 5.52 Å². The standard InChI is InChI=1S/C44H25N3O3/c48-43-33-18-15-28(26-9-3-1-4-10-26)23-34(33)32-19-22-39-42-41(32)47(43)44(49)46(42)38-21-17-30(25-40(38)50-39)45-36-14-8-7-13-31(36)35-24-29(16-20-37(35)45)27-11-5-2-6-12-27/h1-25H. The van der Waals surface area contributed by atoms with Gasteiger partial charge in [-0.2, -0.15) is 0 Å². The van der Waals surface area contributed by atoms with Crippen molar-refractivity contribution < 1.29 is 4.42 Å². The molecule has 0 unspecified atom stereocenters. The number of rotatable bonds is 3. The second-order valence-electron chi connectivity index (χ2n) is 12.9. The largest absolute Gasteiger partial charge is 0.453 e. The lowest BCUT2D eigenvalue weighted by molar-refractivity contribution is 0.654. The van der Waals surface area contributed by atoms with E-state index < -0.39 is 5.69 Å². The fourth-order valence-corrected chi connectivity index (χ4v) is 7.98. The molecule has 234 valence electrons. The van der Waals surface area contributed by atoms with Gasteiger partial charge in [0.2, 0.25) is 0 Å². The first-order valence-electron chi connectivity index (χ1n) is 16.6. The Morgan fingerprint density at radius 1 is 0.400 bits per heavy atom. The minimum absolute atomic E-state index is 0.335. The Bertz CT molecular complexity index is 3290. The summed E-state index contributed by atoms with van der Waals surface area (Å²) in [5.41, 5.74) is 9.56. The van der Waals surface area contributed by atoms with Crippen molar-refractivity contribution >= 4 is 65.7 Å². The Morgan fingerprint density at radius 2 is 1.04 bits per heavy atom. The van der Waals surface area contributed by atoms with Crippen molar-refractivity contribution in [2.24, 2.45) is 0 Å². The number of pyridine rings is 1. The van der Waals surface area contributed by atoms with Crippen LogP contribution in [0.15, 0.2) is 166 Å². The van der Waals surface area contributed by atoms with Gasteiger partial charge < -0.3 is 8.98 Å². The van der Waals surface area contributed by atoms with E-state index in [9.17, 15) is 9.59 Å². The summed E-state index contributed by atoms with van der Waals surface area (Å²) in [6.45, 7) is 0. The van der Waals surface area contributed by atoms with Crippen LogP contribution in [-0.2, 0) is 0 Å². The van der Waals surface area contributed by atoms with Crippen LogP contribution >= 0.6 is 0 Å². The molecule has 0 amide bonds. The lowest BCUT2D eigenvalue weighted by atomic mass is 9.99. The van der Waals surface area contributed by atoms with Crippen molar-refractivity contribution in [3.05, 3.63) is 172 Å². The first-order chi connectivity index (χ1) is 24.6. The molecular formula is C44H25N3O3. The highest BCUT2D eigenvalue weighted by molar-refractivity contribution is 6.15. The van der Waals surface area contributed by atoms with E-state index in [0.29, 0.717) is 33.1 Å². The number of imidazole rings is 1. The van der Waals surface area contributed by atoms with Crippen LogP contribution in [0.3, 0.4) is 0 Å². The van der Waals surface area contributed by atoms with Gasteiger partial charge in [0, 0.05) is 27.6 Å². The molecule has 0 saturated carbocycles. The number of hydrogen-bond donors (Lipinski definition) is 0. The molecule has 4 heterocycles. The Hall–Kier alpha value is -6.92. The smallest absolute Gasteiger partial charge is 0.341 e. The zero-order valence-corrected chi connectivity index (χ0v) is 26.5. The number of hydrogen-bond acceptors (Lipinski definition) is 3. The maximum atomic E-state index is 14.3. The average molecular weight is 644 g/mol. The molecule has 4 aromatic heterocycles. The molecular weight excluding hydrogens is 619 g/mol. The van der Waals surface area contributed by atoms with E-state index >= 15 is 0 Å². The van der Waals surface area contributed by atoms with Gasteiger partial charge in [0.25, 0.3) is 5.56 Å². The quantitative estimate of drug-likeness (QED) is 0.142. The van der Waals surface area contributed by atoms with Crippen LogP contribution in [0.5, 0.6) is 0 Å². The van der Waals surface area contributed by atoms with Gasteiger partial charge in [-0.1, -0.05) is 91.0 Å². The summed E-state index contributed by atoms with van der Waals surface area (Å²) in [7, 11) is 0. The third kappa shape index (κ3) is 3.56. The van der Waals surface area contributed by atoms with E-state index in [1.807, 2.05) is 72.8 Å². The van der Waals surface area contributed by atoms with Crippen LogP contribution in [-0.4, -0.2) is 13.4 Å². The molecule has 6 nitrogen and oxygen atoms in total. The molecule has 0 saturated heterocycles. The fourth-order valence-electron chi connectivity index (χ4n) is 7.98. The highest BCUT2D eigenvalue weighted by Gasteiger charge is 2.23. The molecule has 0 atom stereocenters. The van der Waals surface area contributed by atoms with Crippen LogP contribution in [0.1, 0.15) is 0 Å². The molecule has 0 spiro atoms. The van der Waals surface area contributed by atoms with Gasteiger partial charge in [-0.25, -0.2) is 9.20 Å². The van der Waals surface area contributed by atoms with E-state index in [4.69, 9.17) is 4.42 Å². The molecule has 0 aliphatic carbocycles. The molecule has 0 fully saturated rings. The van der Waals surface area contributed by atoms with Gasteiger partial charge in [0.15, 0.2) is 11.2 Å². The van der Waals surface area contributed by atoms with Crippen molar-refractivity contribution in [1.82, 2.24) is 13.4 Å². The second-order valence-corrected chi connectivity index (χ2v) is 12.9. The third-order valence-electron chi connectivity index (χ3n) is 10.2. The van der Waals surface area contributed by atoms with E-state index in [1.54, 1.807) is 4.40 Å². The summed E-state index contributed by atoms with van der Waals surface area (Å²) in [4.78, 5) is 28.3. The van der Waals surface area contributed by atoms with Crippen molar-refractivity contribution in [3.8, 4) is 27.9 Å². The second kappa shape index (κ2) is 9.81. The van der Waals surface area contributed by atoms with Crippen LogP contribution in [0.4, 0.5) is 0 Å². The summed E-state index contributed by atoms with van der Waals surface area (Å²) in [5.74, 6) is 0. The molecule has 50 heavy (non-hydrogen) atoms. The van der Waals surface area contributed by atoms with Crippen LogP contribution in [0, 0.1) is 0 Å². The van der Waals surface area contributed by atoms with Crippen molar-refractivity contribution in [1.29, 1.82) is 0 Å². The molecule has 0 aliphatic rings. The Labute approximate surface area is 283 Å². The van der Waals surface area contributed by atoms with E-state index in [-0.39, 0.29) is 5.56 Å². The van der Waals surface area contributed by atoms with Crippen LogP contribution in [0.25, 0.3) is 93.6 Å². The Morgan fingerprint density at radius 3 is 1.82 bits per heavy atom. The zero-order valence-electron chi connectivity index (χ0n) is 26.5. The lowest BCUT2D eigenvalue weighted by Gasteiger charge is -2.11. The molecule has 6 heteroatoms. The lowest BCUT2D eigenvalue weighted by Crippen LogP contribution is -2.26. The summed E-state index contributed by atoms with van der Waals surface area (Å²) in [5, 5.41) is 4.45. The summed E-state index contributed by atoms with van der Waals surface area (Å²) in [6, 6.07) is 51.1. The van der Waals surface area contributed by atoms with Crippen LogP contribution in [0.2, 0.25) is 0 Å². The maximum Gasteiger partial charge on any atom is 0.341 e. The van der Waals surface area contributed by atoms with Crippen molar-refractivity contribution in [3.63, 3.8) is 0 Å². The molecule has 7 aromatic carbocycles. The van der Waals surface area contributed by atoms with Gasteiger partial charge in [-0.05, 0) is 82.2 Å². The number of fused-ring (bicyclic) bond motifs is 7. The van der Waals surface area contributed by atoms with Crippen molar-refractivity contribution in [2.45, 2.75) is 0 Å². The molecule has 0 radical (unpaired) electrons. The predicted molar refractivity (Wildman–Crippen MR) is 202 cm³/mol. The molecule has 11 rings (SSSR count). The predicted octanol–water partition coefficient (Wildman–Crippen LogP) is 9.83. The minimum atomic E-state index is -0.404. The summed E-state index contributed by atoms with van der Waals surface area (Å²) >= 11 is 0. The Kier molecular flexibility index (Phi) is 5.31. The maximum absolute atomic E-state index is 14.3. The number of aromatic nitrogens is 3. The number of nitrogens with zero attached hydrogens (tertiary/aromatic N) is 3.